The third-order valence-electron chi connectivity index (χ3n) is 10.7. The van der Waals surface area contributed by atoms with Gasteiger partial charge >= 0.3 is 5.97 Å². The zero-order chi connectivity index (χ0) is 45.3. The molecule has 0 spiro atoms. The van der Waals surface area contributed by atoms with Crippen LogP contribution < -0.4 is 14.9 Å². The van der Waals surface area contributed by atoms with Crippen LogP contribution in [0.2, 0.25) is 0 Å². The first-order chi connectivity index (χ1) is 30.0. The number of benzene rings is 3. The summed E-state index contributed by atoms with van der Waals surface area (Å²) in [6.07, 6.45) is -22.3. The van der Waals surface area contributed by atoms with Crippen molar-refractivity contribution in [3.63, 3.8) is 0 Å². The zero-order valence-electron chi connectivity index (χ0n) is 33.1. The smallest absolute Gasteiger partial charge is 0.508 e. The van der Waals surface area contributed by atoms with Crippen LogP contribution in [-0.4, -0.2) is 172 Å². The number of phenols is 2. The predicted molar refractivity (Wildman–Crippen MR) is 212 cm³/mol. The number of aliphatic hydroxyl groups is 9. The van der Waals surface area contributed by atoms with Gasteiger partial charge in [-0.15, -0.1) is 0 Å². The van der Waals surface area contributed by atoms with E-state index >= 15 is 0 Å². The van der Waals surface area contributed by atoms with Crippen LogP contribution in [0.3, 0.4) is 0 Å². The molecular formula is C42H47O21+. The van der Waals surface area contributed by atoms with Crippen LogP contribution >= 0.6 is 0 Å². The third-order valence-corrected chi connectivity index (χ3v) is 10.7. The van der Waals surface area contributed by atoms with E-state index in [9.17, 15) is 65.8 Å². The Hall–Kier alpha value is -5.24. The molecule has 2 aromatic carbocycles. The summed E-state index contributed by atoms with van der Waals surface area (Å²) in [5.41, 5.74) is 0.0970. The molecule has 0 amide bonds. The zero-order valence-corrected chi connectivity index (χ0v) is 33.1. The Kier molecular flexibility index (Phi) is 14.0. The molecular weight excluding hydrogens is 840 g/mol. The number of aromatic hydroxyl groups is 2. The van der Waals surface area contributed by atoms with Crippen molar-refractivity contribution < 1.29 is 98.5 Å². The molecule has 4 heterocycles. The summed E-state index contributed by atoms with van der Waals surface area (Å²) in [5.74, 6) is -1.71. The van der Waals surface area contributed by atoms with Crippen LogP contribution in [0.25, 0.3) is 28.7 Å². The van der Waals surface area contributed by atoms with Gasteiger partial charge in [-0.25, -0.2) is 0 Å². The lowest BCUT2D eigenvalue weighted by Crippen LogP contribution is -2.62. The number of rotatable bonds is 12. The van der Waals surface area contributed by atoms with Crippen LogP contribution in [0, 0.1) is 0 Å². The van der Waals surface area contributed by atoms with Crippen molar-refractivity contribution >= 4 is 12.0 Å². The van der Waals surface area contributed by atoms with E-state index < -0.39 is 117 Å². The SMILES string of the molecule is C[C@@H]1O[C@@H](OC[C@H]2O[C@@H](Oc3cc4c(O[C@@H]5O[C@H](CO)[C@@H](O)[C@H](O)[C@H]5O)cc(=O)cc-4oc3-c3ccc(O)cc3)[C@H](O)[C@@H](OC(=[OH+])C=Cc3ccc(O)cc3)[C@@H]2O)[C@H](O)[C@H](O)[C@H]1O. The molecule has 15 atom stereocenters. The number of carbonyl (C=O) groups excluding carboxylic acids is 1. The van der Waals surface area contributed by atoms with Gasteiger partial charge in [0.2, 0.25) is 12.6 Å². The standard InChI is InChI=1S/C42H46O21/c1-17-30(48)33(51)35(53)40(57-17)56-16-28-32(50)39(63-29(47)11-4-18-2-7-20(44)8-3-18)37(55)42(62-28)60-26-14-23-24(58-38(26)19-5-9-21(45)10-6-19)12-22(46)13-25(23)59-41-36(54)34(52)31(49)27(15-43)61-41/h2-14,17,27-28,30-37,39-45,48-55H,15-16H2,1H3/p+1/t17-,27+,28+,30-,31+,32+,33+,34-,35+,36+,37+,39-,40+,41+,42+/m0/s1. The van der Waals surface area contributed by atoms with Crippen molar-refractivity contribution in [1.29, 1.82) is 0 Å². The molecule has 21 heteroatoms. The molecule has 0 aromatic heterocycles. The van der Waals surface area contributed by atoms with Crippen LogP contribution in [0.1, 0.15) is 12.5 Å². The summed E-state index contributed by atoms with van der Waals surface area (Å²) in [6.45, 7) is 0.0224. The first-order valence-corrected chi connectivity index (χ1v) is 19.6. The second-order valence-corrected chi connectivity index (χ2v) is 15.1. The van der Waals surface area contributed by atoms with Gasteiger partial charge in [0.05, 0.1) is 31.0 Å². The van der Waals surface area contributed by atoms with E-state index in [1.54, 1.807) is 0 Å². The van der Waals surface area contributed by atoms with Crippen LogP contribution in [0.4, 0.5) is 0 Å². The molecule has 0 bridgehead atoms. The topological polar surface area (TPSA) is 339 Å². The van der Waals surface area contributed by atoms with Crippen molar-refractivity contribution in [3.05, 3.63) is 88.6 Å². The summed E-state index contributed by atoms with van der Waals surface area (Å²) in [5, 5.41) is 115. The lowest BCUT2D eigenvalue weighted by molar-refractivity contribution is -0.317. The normalized spacial score (nSPS) is 33.6. The van der Waals surface area contributed by atoms with E-state index in [0.717, 1.165) is 18.2 Å². The number of hydrogen-bond donors (Lipinski definition) is 11. The molecule has 2 aromatic rings. The first kappa shape index (κ1) is 45.8. The second-order valence-electron chi connectivity index (χ2n) is 15.1. The van der Waals surface area contributed by atoms with Crippen LogP contribution in [0.5, 0.6) is 23.0 Å². The van der Waals surface area contributed by atoms with Crippen molar-refractivity contribution in [2.75, 3.05) is 13.2 Å². The minimum Gasteiger partial charge on any atom is -0.508 e. The first-order valence-electron chi connectivity index (χ1n) is 19.6. The largest absolute Gasteiger partial charge is 0.510 e. The minimum atomic E-state index is -1.95. The van der Waals surface area contributed by atoms with Gasteiger partial charge in [0.15, 0.2) is 29.3 Å². The number of esters is 1. The molecule has 7 rings (SSSR count). The average molecular weight is 888 g/mol. The Bertz CT molecular complexity index is 2230. The average Bonchev–Trinajstić information content (AvgIpc) is 3.26. The third kappa shape index (κ3) is 9.95. The Morgan fingerprint density at radius 3 is 1.97 bits per heavy atom. The summed E-state index contributed by atoms with van der Waals surface area (Å²) in [7, 11) is 0. The molecule has 4 aliphatic heterocycles. The highest BCUT2D eigenvalue weighted by molar-refractivity contribution is 5.88. The van der Waals surface area contributed by atoms with E-state index in [0.29, 0.717) is 5.56 Å². The maximum Gasteiger partial charge on any atom is 0.510 e. The molecule has 3 saturated heterocycles. The summed E-state index contributed by atoms with van der Waals surface area (Å²) in [6, 6.07) is 14.7. The number of phenolic OH excluding ortho intramolecular Hbond substituents is 2. The highest BCUT2D eigenvalue weighted by Crippen LogP contribution is 2.43. The van der Waals surface area contributed by atoms with Gasteiger partial charge in [0, 0.05) is 17.7 Å². The van der Waals surface area contributed by atoms with E-state index in [1.165, 1.54) is 67.6 Å². The van der Waals surface area contributed by atoms with Gasteiger partial charge in [-0.1, -0.05) is 12.1 Å². The summed E-state index contributed by atoms with van der Waals surface area (Å²) < 4.78 is 46.7. The van der Waals surface area contributed by atoms with Crippen LogP contribution in [-0.2, 0) is 23.7 Å². The fourth-order valence-corrected chi connectivity index (χ4v) is 7.12. The molecule has 63 heavy (non-hydrogen) atoms. The lowest BCUT2D eigenvalue weighted by Gasteiger charge is -2.41. The van der Waals surface area contributed by atoms with Gasteiger partial charge in [0.1, 0.15) is 77.9 Å². The number of fused-ring (bicyclic) bond motifs is 1. The van der Waals surface area contributed by atoms with Gasteiger partial charge in [-0.2, -0.15) is 0 Å². The molecule has 21 nitrogen and oxygen atoms in total. The molecule has 0 unspecified atom stereocenters. The number of hydrogen-bond acceptors (Lipinski definition) is 20. The molecule has 12 N–H and O–H groups in total. The monoisotopic (exact) mass is 887 g/mol. The van der Waals surface area contributed by atoms with Crippen molar-refractivity contribution in [3.8, 4) is 45.6 Å². The molecule has 340 valence electrons. The fraction of sp³-hybridized carbons (Fsp3) is 0.429. The Balaban J connectivity index is 1.24. The van der Waals surface area contributed by atoms with Crippen molar-refractivity contribution in [2.24, 2.45) is 0 Å². The van der Waals surface area contributed by atoms with E-state index in [2.05, 4.69) is 0 Å². The lowest BCUT2D eigenvalue weighted by atomic mass is 9.98. The maximum atomic E-state index is 13.0. The van der Waals surface area contributed by atoms with Gasteiger partial charge in [-0.05, 0) is 61.0 Å². The summed E-state index contributed by atoms with van der Waals surface area (Å²) in [4.78, 5) is 23.8. The highest BCUT2D eigenvalue weighted by Gasteiger charge is 2.53. The molecule has 0 saturated carbocycles. The van der Waals surface area contributed by atoms with Crippen molar-refractivity contribution in [2.45, 2.75) is 99.0 Å². The van der Waals surface area contributed by atoms with E-state index in [-0.39, 0.29) is 45.6 Å². The second kappa shape index (κ2) is 19.2. The van der Waals surface area contributed by atoms with Crippen molar-refractivity contribution in [1.82, 2.24) is 0 Å². The number of aliphatic hydroxyl groups excluding tert-OH is 9. The van der Waals surface area contributed by atoms with E-state index in [4.69, 9.17) is 37.6 Å². The Morgan fingerprint density at radius 2 is 1.29 bits per heavy atom. The maximum absolute atomic E-state index is 13.0. The van der Waals surface area contributed by atoms with Gasteiger partial charge in [0.25, 0.3) is 6.10 Å². The predicted octanol–water partition coefficient (Wildman–Crippen LogP) is -1.73. The molecule has 3 fully saturated rings. The quantitative estimate of drug-likeness (QED) is 0.0428. The minimum absolute atomic E-state index is 0.00358. The number of ether oxygens (including phenoxy) is 7. The van der Waals surface area contributed by atoms with Gasteiger partial charge < -0.3 is 98.5 Å². The molecule has 5 aliphatic rings. The van der Waals surface area contributed by atoms with Gasteiger partial charge in [-0.3, -0.25) is 4.79 Å². The Morgan fingerprint density at radius 1 is 0.683 bits per heavy atom. The van der Waals surface area contributed by atoms with Crippen LogP contribution in [0.15, 0.2) is 82.0 Å². The summed E-state index contributed by atoms with van der Waals surface area (Å²) >= 11 is 0. The molecule has 1 aliphatic carbocycles. The Labute approximate surface area is 356 Å². The highest BCUT2D eigenvalue weighted by atomic mass is 16.7. The molecule has 0 radical (unpaired) electrons. The van der Waals surface area contributed by atoms with E-state index in [1.807, 2.05) is 0 Å². The fourth-order valence-electron chi connectivity index (χ4n) is 7.12.